The van der Waals surface area contributed by atoms with Crippen LogP contribution >= 0.6 is 11.3 Å². The summed E-state index contributed by atoms with van der Waals surface area (Å²) in [6, 6.07) is 0.519. The third-order valence-electron chi connectivity index (χ3n) is 3.04. The Morgan fingerprint density at radius 3 is 2.80 bits per heavy atom. The highest BCUT2D eigenvalue weighted by Gasteiger charge is 2.15. The Bertz CT molecular complexity index is 432. The summed E-state index contributed by atoms with van der Waals surface area (Å²) in [7, 11) is 2.08. The molecule has 0 spiro atoms. The second-order valence-corrected chi connectivity index (χ2v) is 5.95. The summed E-state index contributed by atoms with van der Waals surface area (Å²) in [4.78, 5) is 18.8. The number of aromatic nitrogens is 1. The standard InChI is InChI=1S/C13H25N5OS/c1-5-15-13-17-11(14)10(20-13)12(19)16-7-6-8-18(4)9(2)3/h9H,5-8,14H2,1-4H3,(H,15,17)(H,16,19). The predicted octanol–water partition coefficient (Wildman–Crippen LogP) is 1.62. The molecule has 1 aromatic heterocycles. The molecule has 7 heteroatoms. The molecule has 1 aromatic rings. The van der Waals surface area contributed by atoms with Crippen molar-refractivity contribution in [2.75, 3.05) is 37.7 Å². The maximum absolute atomic E-state index is 12.0. The average Bonchev–Trinajstić information content (AvgIpc) is 2.75. The Labute approximate surface area is 124 Å². The Morgan fingerprint density at radius 1 is 1.50 bits per heavy atom. The molecule has 0 radical (unpaired) electrons. The van der Waals surface area contributed by atoms with E-state index in [4.69, 9.17) is 5.73 Å². The first-order valence-corrected chi connectivity index (χ1v) is 7.76. The van der Waals surface area contributed by atoms with E-state index in [0.717, 1.165) is 19.5 Å². The molecule has 4 N–H and O–H groups in total. The van der Waals surface area contributed by atoms with Crippen LogP contribution in [0.15, 0.2) is 0 Å². The van der Waals surface area contributed by atoms with Gasteiger partial charge in [0.15, 0.2) is 5.13 Å². The third-order valence-corrected chi connectivity index (χ3v) is 4.07. The summed E-state index contributed by atoms with van der Waals surface area (Å²) in [5.41, 5.74) is 5.75. The fourth-order valence-electron chi connectivity index (χ4n) is 1.59. The van der Waals surface area contributed by atoms with E-state index in [0.29, 0.717) is 28.4 Å². The molecular weight excluding hydrogens is 274 g/mol. The van der Waals surface area contributed by atoms with Crippen LogP contribution in [0.2, 0.25) is 0 Å². The van der Waals surface area contributed by atoms with Crippen molar-refractivity contribution in [1.82, 2.24) is 15.2 Å². The summed E-state index contributed by atoms with van der Waals surface area (Å²) in [6.45, 7) is 8.64. The molecule has 0 aliphatic rings. The highest BCUT2D eigenvalue weighted by atomic mass is 32.1. The molecule has 0 saturated heterocycles. The second kappa shape index (κ2) is 8.06. The van der Waals surface area contributed by atoms with Gasteiger partial charge in [0.25, 0.3) is 5.91 Å². The number of hydrogen-bond donors (Lipinski definition) is 3. The summed E-state index contributed by atoms with van der Waals surface area (Å²) in [6.07, 6.45) is 0.916. The van der Waals surface area contributed by atoms with Gasteiger partial charge in [0.1, 0.15) is 10.7 Å². The van der Waals surface area contributed by atoms with Crippen LogP contribution in [0.25, 0.3) is 0 Å². The molecule has 0 saturated carbocycles. The SMILES string of the molecule is CCNc1nc(N)c(C(=O)NCCCN(C)C(C)C)s1. The molecule has 114 valence electrons. The normalized spacial score (nSPS) is 11.1. The highest BCUT2D eigenvalue weighted by molar-refractivity contribution is 7.18. The molecule has 1 amide bonds. The van der Waals surface area contributed by atoms with Crippen LogP contribution in [-0.2, 0) is 0 Å². The largest absolute Gasteiger partial charge is 0.382 e. The number of anilines is 2. The van der Waals surface area contributed by atoms with E-state index in [-0.39, 0.29) is 5.91 Å². The first kappa shape index (κ1) is 16.7. The predicted molar refractivity (Wildman–Crippen MR) is 85.4 cm³/mol. The Kier molecular flexibility index (Phi) is 6.74. The first-order chi connectivity index (χ1) is 9.45. The van der Waals surface area contributed by atoms with Gasteiger partial charge in [-0.15, -0.1) is 0 Å². The molecule has 1 rings (SSSR count). The van der Waals surface area contributed by atoms with Crippen LogP contribution < -0.4 is 16.4 Å². The minimum atomic E-state index is -0.142. The van der Waals surface area contributed by atoms with Crippen LogP contribution in [0, 0.1) is 0 Å². The number of nitrogens with one attached hydrogen (secondary N) is 2. The lowest BCUT2D eigenvalue weighted by molar-refractivity contribution is 0.0956. The maximum Gasteiger partial charge on any atom is 0.265 e. The van der Waals surface area contributed by atoms with Gasteiger partial charge in [0.05, 0.1) is 0 Å². The van der Waals surface area contributed by atoms with Gasteiger partial charge in [-0.2, -0.15) is 0 Å². The van der Waals surface area contributed by atoms with E-state index in [9.17, 15) is 4.79 Å². The number of nitrogens with two attached hydrogens (primary N) is 1. The number of nitrogens with zero attached hydrogens (tertiary/aromatic N) is 2. The maximum atomic E-state index is 12.0. The zero-order chi connectivity index (χ0) is 15.1. The van der Waals surface area contributed by atoms with Crippen LogP contribution in [0.1, 0.15) is 36.9 Å². The van der Waals surface area contributed by atoms with Gasteiger partial charge in [-0.1, -0.05) is 11.3 Å². The van der Waals surface area contributed by atoms with Crippen LogP contribution in [0.3, 0.4) is 0 Å². The Morgan fingerprint density at radius 2 is 2.20 bits per heavy atom. The molecule has 6 nitrogen and oxygen atoms in total. The number of hydrogen-bond acceptors (Lipinski definition) is 6. The zero-order valence-corrected chi connectivity index (χ0v) is 13.5. The molecule has 1 heterocycles. The summed E-state index contributed by atoms with van der Waals surface area (Å²) in [5, 5.41) is 6.64. The third kappa shape index (κ3) is 4.97. The number of thiazole rings is 1. The molecule has 20 heavy (non-hydrogen) atoms. The number of nitrogen functional groups attached to an aromatic ring is 1. The van der Waals surface area contributed by atoms with Gasteiger partial charge in [-0.05, 0) is 40.8 Å². The van der Waals surface area contributed by atoms with Gasteiger partial charge >= 0.3 is 0 Å². The molecule has 0 fully saturated rings. The van der Waals surface area contributed by atoms with Gasteiger partial charge in [-0.3, -0.25) is 4.79 Å². The van der Waals surface area contributed by atoms with E-state index in [2.05, 4.69) is 41.4 Å². The van der Waals surface area contributed by atoms with Crippen molar-refractivity contribution in [3.05, 3.63) is 4.88 Å². The van der Waals surface area contributed by atoms with Crippen molar-refractivity contribution < 1.29 is 4.79 Å². The van der Waals surface area contributed by atoms with E-state index in [1.165, 1.54) is 11.3 Å². The summed E-state index contributed by atoms with van der Waals surface area (Å²) in [5.74, 6) is 0.152. The van der Waals surface area contributed by atoms with Gasteiger partial charge < -0.3 is 21.3 Å². The number of carbonyl (C=O) groups is 1. The van der Waals surface area contributed by atoms with Crippen LogP contribution in [0.5, 0.6) is 0 Å². The summed E-state index contributed by atoms with van der Waals surface area (Å²) < 4.78 is 0. The van der Waals surface area contributed by atoms with Crippen LogP contribution in [-0.4, -0.2) is 48.5 Å². The summed E-state index contributed by atoms with van der Waals surface area (Å²) >= 11 is 1.29. The molecule has 0 aliphatic carbocycles. The Balaban J connectivity index is 2.39. The lowest BCUT2D eigenvalue weighted by Crippen LogP contribution is -2.31. The molecule has 0 aliphatic heterocycles. The van der Waals surface area contributed by atoms with E-state index < -0.39 is 0 Å². The van der Waals surface area contributed by atoms with Crippen molar-refractivity contribution in [3.63, 3.8) is 0 Å². The molecule has 0 atom stereocenters. The number of amides is 1. The lowest BCUT2D eigenvalue weighted by Gasteiger charge is -2.20. The highest BCUT2D eigenvalue weighted by Crippen LogP contribution is 2.24. The van der Waals surface area contributed by atoms with Gasteiger partial charge in [0, 0.05) is 19.1 Å². The quantitative estimate of drug-likeness (QED) is 0.635. The van der Waals surface area contributed by atoms with Crippen molar-refractivity contribution in [1.29, 1.82) is 0 Å². The van der Waals surface area contributed by atoms with Gasteiger partial charge in [0.2, 0.25) is 0 Å². The van der Waals surface area contributed by atoms with E-state index in [1.807, 2.05) is 6.92 Å². The molecule has 0 unspecified atom stereocenters. The van der Waals surface area contributed by atoms with Crippen molar-refractivity contribution in [3.8, 4) is 0 Å². The van der Waals surface area contributed by atoms with E-state index >= 15 is 0 Å². The fourth-order valence-corrected chi connectivity index (χ4v) is 2.46. The molecular formula is C13H25N5OS. The minimum Gasteiger partial charge on any atom is -0.382 e. The van der Waals surface area contributed by atoms with Crippen molar-refractivity contribution >= 4 is 28.2 Å². The smallest absolute Gasteiger partial charge is 0.265 e. The lowest BCUT2D eigenvalue weighted by atomic mass is 10.3. The number of rotatable bonds is 8. The van der Waals surface area contributed by atoms with Crippen LogP contribution in [0.4, 0.5) is 10.9 Å². The monoisotopic (exact) mass is 299 g/mol. The first-order valence-electron chi connectivity index (χ1n) is 6.94. The van der Waals surface area contributed by atoms with E-state index in [1.54, 1.807) is 0 Å². The Hall–Kier alpha value is -1.34. The topological polar surface area (TPSA) is 83.3 Å². The second-order valence-electron chi connectivity index (χ2n) is 4.95. The fraction of sp³-hybridized carbons (Fsp3) is 0.692. The van der Waals surface area contributed by atoms with Crippen molar-refractivity contribution in [2.24, 2.45) is 0 Å². The van der Waals surface area contributed by atoms with Crippen molar-refractivity contribution in [2.45, 2.75) is 33.2 Å². The minimum absolute atomic E-state index is 0.142. The molecule has 0 aromatic carbocycles. The number of carbonyl (C=O) groups excluding carboxylic acids is 1. The average molecular weight is 299 g/mol. The molecule has 0 bridgehead atoms. The van der Waals surface area contributed by atoms with Gasteiger partial charge in [-0.25, -0.2) is 4.98 Å². The zero-order valence-electron chi connectivity index (χ0n) is 12.7.